The number of nitrogens with zero attached hydrogens (tertiary/aromatic N) is 2. The van der Waals surface area contributed by atoms with Crippen molar-refractivity contribution in [3.63, 3.8) is 0 Å². The highest BCUT2D eigenvalue weighted by Gasteiger charge is 2.22. The molecule has 1 N–H and O–H groups in total. The molecule has 1 unspecified atom stereocenters. The predicted octanol–water partition coefficient (Wildman–Crippen LogP) is 2.58. The molecule has 1 aromatic carbocycles. The topological polar surface area (TPSA) is 64.1 Å². The highest BCUT2D eigenvalue weighted by atomic mass is 32.2. The predicted molar refractivity (Wildman–Crippen MR) is 82.8 cm³/mol. The summed E-state index contributed by atoms with van der Waals surface area (Å²) in [5.41, 5.74) is 1.05. The van der Waals surface area contributed by atoms with E-state index < -0.39 is 0 Å². The van der Waals surface area contributed by atoms with Gasteiger partial charge >= 0.3 is 0 Å². The monoisotopic (exact) mass is 321 g/mol. The lowest BCUT2D eigenvalue weighted by molar-refractivity contribution is -0.119. The summed E-state index contributed by atoms with van der Waals surface area (Å²) in [6.45, 7) is 2.53. The van der Waals surface area contributed by atoms with E-state index in [1.807, 2.05) is 31.2 Å². The summed E-state index contributed by atoms with van der Waals surface area (Å²) < 4.78 is 6.42. The Hall–Kier alpha value is -1.60. The van der Waals surface area contributed by atoms with Crippen LogP contribution in [0.25, 0.3) is 0 Å². The van der Waals surface area contributed by atoms with Gasteiger partial charge in [0.2, 0.25) is 5.91 Å². The fraction of sp³-hybridized carbons (Fsp3) is 0.357. The van der Waals surface area contributed by atoms with E-state index in [-0.39, 0.29) is 11.9 Å². The number of amides is 1. The summed E-state index contributed by atoms with van der Waals surface area (Å²) in [5.74, 6) is 1.23. The van der Waals surface area contributed by atoms with Gasteiger partial charge in [0, 0.05) is 12.0 Å². The van der Waals surface area contributed by atoms with Crippen molar-refractivity contribution in [3.05, 3.63) is 34.8 Å². The Labute approximate surface area is 131 Å². The summed E-state index contributed by atoms with van der Waals surface area (Å²) >= 11 is 2.93. The van der Waals surface area contributed by atoms with E-state index in [0.717, 1.165) is 27.1 Å². The van der Waals surface area contributed by atoms with E-state index in [4.69, 9.17) is 4.74 Å². The number of para-hydroxylation sites is 1. The third-order valence-electron chi connectivity index (χ3n) is 3.13. The molecular weight excluding hydrogens is 306 g/mol. The molecule has 5 nitrogen and oxygen atoms in total. The fourth-order valence-corrected chi connectivity index (χ4v) is 3.82. The zero-order chi connectivity index (χ0) is 14.7. The number of aromatic nitrogens is 2. The Morgan fingerprint density at radius 3 is 3.14 bits per heavy atom. The van der Waals surface area contributed by atoms with Crippen LogP contribution in [0, 0.1) is 6.92 Å². The van der Waals surface area contributed by atoms with Gasteiger partial charge in [0.1, 0.15) is 10.8 Å². The van der Waals surface area contributed by atoms with E-state index in [1.165, 1.54) is 23.1 Å². The summed E-state index contributed by atoms with van der Waals surface area (Å²) in [5, 5.41) is 11.9. The number of nitrogens with one attached hydrogen (secondary N) is 1. The lowest BCUT2D eigenvalue weighted by Gasteiger charge is -2.26. The van der Waals surface area contributed by atoms with Crippen LogP contribution in [0.1, 0.15) is 23.0 Å². The van der Waals surface area contributed by atoms with Gasteiger partial charge in [-0.25, -0.2) is 0 Å². The largest absolute Gasteiger partial charge is 0.493 e. The van der Waals surface area contributed by atoms with Crippen molar-refractivity contribution in [2.75, 3.05) is 12.4 Å². The van der Waals surface area contributed by atoms with Crippen molar-refractivity contribution in [2.45, 2.75) is 23.7 Å². The molecule has 0 saturated heterocycles. The summed E-state index contributed by atoms with van der Waals surface area (Å²) in [4.78, 5) is 12.1. The van der Waals surface area contributed by atoms with Gasteiger partial charge in [-0.1, -0.05) is 41.3 Å². The van der Waals surface area contributed by atoms with Crippen LogP contribution < -0.4 is 10.1 Å². The van der Waals surface area contributed by atoms with Gasteiger partial charge in [0.15, 0.2) is 4.34 Å². The van der Waals surface area contributed by atoms with Gasteiger partial charge in [-0.15, -0.1) is 10.2 Å². The first-order chi connectivity index (χ1) is 10.2. The van der Waals surface area contributed by atoms with Gasteiger partial charge in [0.05, 0.1) is 18.4 Å². The van der Waals surface area contributed by atoms with Crippen LogP contribution in [0.5, 0.6) is 5.75 Å². The fourth-order valence-electron chi connectivity index (χ4n) is 2.19. The molecule has 1 amide bonds. The van der Waals surface area contributed by atoms with Crippen molar-refractivity contribution in [1.82, 2.24) is 15.5 Å². The van der Waals surface area contributed by atoms with Crippen molar-refractivity contribution in [2.24, 2.45) is 0 Å². The summed E-state index contributed by atoms with van der Waals surface area (Å²) in [6, 6.07) is 7.87. The smallest absolute Gasteiger partial charge is 0.230 e. The van der Waals surface area contributed by atoms with Crippen LogP contribution >= 0.6 is 23.1 Å². The molecule has 0 bridgehead atoms. The first kappa shape index (κ1) is 14.3. The lowest BCUT2D eigenvalue weighted by atomic mass is 10.0. The Bertz CT molecular complexity index is 645. The molecule has 2 heterocycles. The number of aryl methyl sites for hydroxylation is 1. The quantitative estimate of drug-likeness (QED) is 0.877. The van der Waals surface area contributed by atoms with Crippen LogP contribution in [0.3, 0.4) is 0 Å². The Kier molecular flexibility index (Phi) is 4.40. The Morgan fingerprint density at radius 1 is 1.48 bits per heavy atom. The van der Waals surface area contributed by atoms with E-state index in [0.29, 0.717) is 12.4 Å². The van der Waals surface area contributed by atoms with Gasteiger partial charge in [0.25, 0.3) is 0 Å². The third-order valence-corrected chi connectivity index (χ3v) is 5.10. The summed E-state index contributed by atoms with van der Waals surface area (Å²) in [6.07, 6.45) is 0.797. The SMILES string of the molecule is Cc1nnc(SCC(=O)NC2CCOc3ccccc32)s1. The number of hydrogen-bond donors (Lipinski definition) is 1. The molecule has 1 atom stereocenters. The second-order valence-electron chi connectivity index (χ2n) is 4.67. The van der Waals surface area contributed by atoms with Gasteiger partial charge in [-0.3, -0.25) is 4.79 Å². The molecule has 3 rings (SSSR count). The molecule has 21 heavy (non-hydrogen) atoms. The average molecular weight is 321 g/mol. The minimum atomic E-state index is 0.00885. The second kappa shape index (κ2) is 6.44. The van der Waals surface area contributed by atoms with Gasteiger partial charge in [-0.2, -0.15) is 0 Å². The van der Waals surface area contributed by atoms with Crippen LogP contribution in [0.15, 0.2) is 28.6 Å². The molecule has 1 aromatic heterocycles. The lowest BCUT2D eigenvalue weighted by Crippen LogP contribution is -2.33. The number of fused-ring (bicyclic) bond motifs is 1. The van der Waals surface area contributed by atoms with Crippen LogP contribution in [0.2, 0.25) is 0 Å². The number of hydrogen-bond acceptors (Lipinski definition) is 6. The van der Waals surface area contributed by atoms with Crippen molar-refractivity contribution in [3.8, 4) is 5.75 Å². The highest BCUT2D eigenvalue weighted by molar-refractivity contribution is 8.01. The van der Waals surface area contributed by atoms with E-state index >= 15 is 0 Å². The number of thioether (sulfide) groups is 1. The van der Waals surface area contributed by atoms with Gasteiger partial charge in [-0.05, 0) is 13.0 Å². The van der Waals surface area contributed by atoms with Crippen molar-refractivity contribution in [1.29, 1.82) is 0 Å². The molecule has 7 heteroatoms. The zero-order valence-corrected chi connectivity index (χ0v) is 13.2. The molecule has 110 valence electrons. The molecule has 0 fully saturated rings. The highest BCUT2D eigenvalue weighted by Crippen LogP contribution is 2.31. The minimum absolute atomic E-state index is 0.00885. The maximum absolute atomic E-state index is 12.1. The molecule has 0 saturated carbocycles. The van der Waals surface area contributed by atoms with E-state index in [2.05, 4.69) is 15.5 Å². The molecule has 2 aromatic rings. The normalized spacial score (nSPS) is 16.9. The minimum Gasteiger partial charge on any atom is -0.493 e. The first-order valence-electron chi connectivity index (χ1n) is 6.66. The van der Waals surface area contributed by atoms with Gasteiger partial charge < -0.3 is 10.1 Å². The maximum atomic E-state index is 12.1. The van der Waals surface area contributed by atoms with Crippen molar-refractivity contribution >= 4 is 29.0 Å². The van der Waals surface area contributed by atoms with E-state index in [9.17, 15) is 4.79 Å². The molecular formula is C14H15N3O2S2. The second-order valence-corrected chi connectivity index (χ2v) is 7.07. The molecule has 0 spiro atoms. The third kappa shape index (κ3) is 3.54. The molecule has 0 radical (unpaired) electrons. The maximum Gasteiger partial charge on any atom is 0.230 e. The first-order valence-corrected chi connectivity index (χ1v) is 8.46. The van der Waals surface area contributed by atoms with E-state index in [1.54, 1.807) is 0 Å². The number of carbonyl (C=O) groups is 1. The number of carbonyl (C=O) groups excluding carboxylic acids is 1. The number of rotatable bonds is 4. The molecule has 1 aliphatic rings. The standard InChI is InChI=1S/C14H15N3O2S2/c1-9-16-17-14(21-9)20-8-13(18)15-11-6-7-19-12-5-3-2-4-10(11)12/h2-5,11H,6-8H2,1H3,(H,15,18). The van der Waals surface area contributed by atoms with Crippen LogP contribution in [-0.4, -0.2) is 28.5 Å². The summed E-state index contributed by atoms with van der Waals surface area (Å²) in [7, 11) is 0. The number of ether oxygens (including phenoxy) is 1. The van der Waals surface area contributed by atoms with Crippen LogP contribution in [-0.2, 0) is 4.79 Å². The number of benzene rings is 1. The molecule has 1 aliphatic heterocycles. The average Bonchev–Trinajstić information content (AvgIpc) is 2.91. The van der Waals surface area contributed by atoms with Crippen LogP contribution in [0.4, 0.5) is 0 Å². The Morgan fingerprint density at radius 2 is 2.33 bits per heavy atom. The molecule has 0 aliphatic carbocycles. The zero-order valence-electron chi connectivity index (χ0n) is 11.5. The van der Waals surface area contributed by atoms with Crippen molar-refractivity contribution < 1.29 is 9.53 Å². The Balaban J connectivity index is 1.58.